The van der Waals surface area contributed by atoms with Gasteiger partial charge in [0.15, 0.2) is 5.75 Å². The maximum atomic E-state index is 11.5. The molecule has 0 spiro atoms. The zero-order valence-electron chi connectivity index (χ0n) is 11.6. The first-order valence-corrected chi connectivity index (χ1v) is 8.54. The molecule has 21 heavy (non-hydrogen) atoms. The summed E-state index contributed by atoms with van der Waals surface area (Å²) in [6.07, 6.45) is 1.05. The van der Waals surface area contributed by atoms with E-state index in [2.05, 4.69) is 10.2 Å². The Kier molecular flexibility index (Phi) is 4.24. The first-order valence-electron chi connectivity index (χ1n) is 5.84. The fraction of sp³-hybridized carbons (Fsp3) is 0.250. The lowest BCUT2D eigenvalue weighted by atomic mass is 10.2. The molecule has 2 rings (SSSR count). The van der Waals surface area contributed by atoms with E-state index in [0.717, 1.165) is 17.6 Å². The van der Waals surface area contributed by atoms with E-state index in [1.54, 1.807) is 31.3 Å². The maximum absolute atomic E-state index is 11.5. The minimum atomic E-state index is -3.41. The van der Waals surface area contributed by atoms with E-state index >= 15 is 0 Å². The van der Waals surface area contributed by atoms with Crippen LogP contribution in [0.2, 0.25) is 0 Å². The van der Waals surface area contributed by atoms with Gasteiger partial charge in [0, 0.05) is 20.2 Å². The molecule has 0 fully saturated rings. The lowest BCUT2D eigenvalue weighted by molar-refractivity contribution is -0.116. The van der Waals surface area contributed by atoms with E-state index in [1.165, 1.54) is 11.8 Å². The predicted octanol–water partition coefficient (Wildman–Crippen LogP) is 1.72. The van der Waals surface area contributed by atoms with Crippen molar-refractivity contribution in [1.82, 2.24) is 10.2 Å². The number of carbonyl (C=O) groups excluding carboxylic acids is 1. The molecule has 0 N–H and O–H groups in total. The van der Waals surface area contributed by atoms with Gasteiger partial charge < -0.3 is 9.64 Å². The topological polar surface area (TPSA) is 89.5 Å². The summed E-state index contributed by atoms with van der Waals surface area (Å²) in [5.74, 6) is 0.242. The summed E-state index contributed by atoms with van der Waals surface area (Å²) in [4.78, 5) is 12.9. The first kappa shape index (κ1) is 15.4. The number of carbonyl (C=O) groups is 1. The molecule has 0 saturated heterocycles. The lowest BCUT2D eigenvalue weighted by Gasteiger charge is -2.17. The zero-order valence-corrected chi connectivity index (χ0v) is 13.2. The molecule has 0 aliphatic carbocycles. The summed E-state index contributed by atoms with van der Waals surface area (Å²) in [5, 5.41) is 7.35. The van der Waals surface area contributed by atoms with Crippen molar-refractivity contribution in [3.8, 4) is 10.9 Å². The highest BCUT2D eigenvalue weighted by molar-refractivity contribution is 7.92. The van der Waals surface area contributed by atoms with E-state index in [1.807, 2.05) is 0 Å². The Morgan fingerprint density at radius 2 is 1.95 bits per heavy atom. The van der Waals surface area contributed by atoms with Gasteiger partial charge in [-0.25, -0.2) is 8.42 Å². The normalized spacial score (nSPS) is 11.2. The van der Waals surface area contributed by atoms with Gasteiger partial charge in [0.2, 0.25) is 20.1 Å². The molecule has 7 nitrogen and oxygen atoms in total. The van der Waals surface area contributed by atoms with Crippen LogP contribution in [0.3, 0.4) is 0 Å². The van der Waals surface area contributed by atoms with Crippen molar-refractivity contribution < 1.29 is 17.9 Å². The third-order valence-corrected chi connectivity index (χ3v) is 5.07. The van der Waals surface area contributed by atoms with Gasteiger partial charge in [-0.15, -0.1) is 5.10 Å². The van der Waals surface area contributed by atoms with E-state index in [9.17, 15) is 13.2 Å². The average molecular weight is 327 g/mol. The molecule has 112 valence electrons. The van der Waals surface area contributed by atoms with Crippen LogP contribution in [0.5, 0.6) is 10.9 Å². The number of sulfone groups is 1. The van der Waals surface area contributed by atoms with E-state index in [0.29, 0.717) is 11.4 Å². The van der Waals surface area contributed by atoms with Gasteiger partial charge in [0.25, 0.3) is 0 Å². The molecule has 0 aliphatic heterocycles. The molecule has 0 atom stereocenters. The third-order valence-electron chi connectivity index (χ3n) is 2.60. The summed E-state index contributed by atoms with van der Waals surface area (Å²) in [6.45, 7) is 1.43. The van der Waals surface area contributed by atoms with Crippen molar-refractivity contribution in [2.75, 3.05) is 18.2 Å². The van der Waals surface area contributed by atoms with Gasteiger partial charge in [-0.2, -0.15) is 0 Å². The second kappa shape index (κ2) is 5.78. The second-order valence-corrected chi connectivity index (χ2v) is 7.38. The SMILES string of the molecule is CC(=O)N(C)c1ccccc1Oc1nnc(S(C)(=O)=O)s1. The van der Waals surface area contributed by atoms with Crippen LogP contribution in [0, 0.1) is 0 Å². The molecule has 0 aliphatic rings. The quantitative estimate of drug-likeness (QED) is 0.849. The summed E-state index contributed by atoms with van der Waals surface area (Å²) in [7, 11) is -1.80. The van der Waals surface area contributed by atoms with Crippen molar-refractivity contribution in [1.29, 1.82) is 0 Å². The Morgan fingerprint density at radius 3 is 2.52 bits per heavy atom. The number of amides is 1. The molecule has 0 unspecified atom stereocenters. The van der Waals surface area contributed by atoms with Gasteiger partial charge >= 0.3 is 5.19 Å². The number of rotatable bonds is 4. The third kappa shape index (κ3) is 3.56. The zero-order chi connectivity index (χ0) is 15.6. The lowest BCUT2D eigenvalue weighted by Crippen LogP contribution is -2.23. The van der Waals surface area contributed by atoms with Crippen molar-refractivity contribution in [3.05, 3.63) is 24.3 Å². The van der Waals surface area contributed by atoms with Crippen molar-refractivity contribution in [2.24, 2.45) is 0 Å². The van der Waals surface area contributed by atoms with Crippen LogP contribution in [0.25, 0.3) is 0 Å². The minimum Gasteiger partial charge on any atom is -0.428 e. The molecular formula is C12H13N3O4S2. The molecule has 0 saturated carbocycles. The van der Waals surface area contributed by atoms with E-state index in [4.69, 9.17) is 4.74 Å². The van der Waals surface area contributed by atoms with Gasteiger partial charge in [-0.1, -0.05) is 17.2 Å². The summed E-state index contributed by atoms with van der Waals surface area (Å²) < 4.78 is 28.2. The van der Waals surface area contributed by atoms with E-state index in [-0.39, 0.29) is 15.4 Å². The summed E-state index contributed by atoms with van der Waals surface area (Å²) in [6, 6.07) is 6.89. The van der Waals surface area contributed by atoms with Crippen molar-refractivity contribution in [3.63, 3.8) is 0 Å². The largest absolute Gasteiger partial charge is 0.428 e. The molecule has 1 amide bonds. The number of ether oxygens (including phenoxy) is 1. The molecule has 0 radical (unpaired) electrons. The predicted molar refractivity (Wildman–Crippen MR) is 78.6 cm³/mol. The molecule has 1 aromatic carbocycles. The maximum Gasteiger partial charge on any atom is 0.300 e. The van der Waals surface area contributed by atoms with Gasteiger partial charge in [-0.05, 0) is 23.5 Å². The molecule has 2 aromatic rings. The number of hydrogen-bond donors (Lipinski definition) is 0. The highest BCUT2D eigenvalue weighted by Gasteiger charge is 2.17. The number of benzene rings is 1. The minimum absolute atomic E-state index is 0.0971. The first-order chi connectivity index (χ1) is 9.79. The smallest absolute Gasteiger partial charge is 0.300 e. The fourth-order valence-electron chi connectivity index (χ4n) is 1.47. The number of anilines is 1. The van der Waals surface area contributed by atoms with Gasteiger partial charge in [-0.3, -0.25) is 4.79 Å². The van der Waals surface area contributed by atoms with Crippen LogP contribution in [0.1, 0.15) is 6.92 Å². The Balaban J connectivity index is 2.32. The molecular weight excluding hydrogens is 314 g/mol. The second-order valence-electron chi connectivity index (χ2n) is 4.25. The van der Waals surface area contributed by atoms with Gasteiger partial charge in [0.05, 0.1) is 5.69 Å². The number of para-hydroxylation sites is 2. The highest BCUT2D eigenvalue weighted by atomic mass is 32.2. The van der Waals surface area contributed by atoms with Crippen LogP contribution >= 0.6 is 11.3 Å². The fourth-order valence-corrected chi connectivity index (χ4v) is 2.93. The number of nitrogens with zero attached hydrogens (tertiary/aromatic N) is 3. The Bertz CT molecular complexity index is 770. The monoisotopic (exact) mass is 327 g/mol. The average Bonchev–Trinajstić information content (AvgIpc) is 2.87. The van der Waals surface area contributed by atoms with Crippen molar-refractivity contribution in [2.45, 2.75) is 11.3 Å². The van der Waals surface area contributed by atoms with Crippen molar-refractivity contribution >= 4 is 32.8 Å². The highest BCUT2D eigenvalue weighted by Crippen LogP contribution is 2.33. The van der Waals surface area contributed by atoms with Crippen LogP contribution in [0.15, 0.2) is 28.6 Å². The molecule has 0 bridgehead atoms. The standard InChI is InChI=1S/C12H13N3O4S2/c1-8(16)15(2)9-6-4-5-7-10(9)19-11-13-14-12(20-11)21(3,17)18/h4-7H,1-3H3. The Labute approximate surface area is 126 Å². The Morgan fingerprint density at radius 1 is 1.29 bits per heavy atom. The van der Waals surface area contributed by atoms with Gasteiger partial charge in [0.1, 0.15) is 0 Å². The molecule has 1 aromatic heterocycles. The Hall–Kier alpha value is -2.00. The summed E-state index contributed by atoms with van der Waals surface area (Å²) >= 11 is 0.828. The van der Waals surface area contributed by atoms with Crippen LogP contribution in [0.4, 0.5) is 5.69 Å². The summed E-state index contributed by atoms with van der Waals surface area (Å²) in [5.41, 5.74) is 0.557. The van der Waals surface area contributed by atoms with Crippen LogP contribution in [-0.4, -0.2) is 37.8 Å². The van der Waals surface area contributed by atoms with Crippen LogP contribution < -0.4 is 9.64 Å². The van der Waals surface area contributed by atoms with E-state index < -0.39 is 9.84 Å². The number of hydrogen-bond acceptors (Lipinski definition) is 7. The van der Waals surface area contributed by atoms with Crippen LogP contribution in [-0.2, 0) is 14.6 Å². The molecule has 1 heterocycles. The number of aromatic nitrogens is 2. The molecule has 9 heteroatoms.